The first-order valence-electron chi connectivity index (χ1n) is 9.71. The molecule has 2 aliphatic heterocycles. The molecule has 2 saturated heterocycles. The highest BCUT2D eigenvalue weighted by Crippen LogP contribution is 2.28. The number of carbonyl (C=O) groups is 2. The number of rotatable bonds is 4. The Morgan fingerprint density at radius 2 is 1.93 bits per heavy atom. The molecule has 142 valence electrons. The molecule has 0 bridgehead atoms. The topological polar surface area (TPSA) is 58.4 Å². The minimum Gasteiger partial charge on any atom is -0.342 e. The predicted octanol–water partition coefficient (Wildman–Crippen LogP) is 2.48. The first-order chi connectivity index (χ1) is 13.1. The minimum atomic E-state index is -0.219. The van der Waals surface area contributed by atoms with Gasteiger partial charge in [0, 0.05) is 50.7 Å². The largest absolute Gasteiger partial charge is 0.342 e. The van der Waals surface area contributed by atoms with Crippen LogP contribution in [0.5, 0.6) is 0 Å². The van der Waals surface area contributed by atoms with Crippen molar-refractivity contribution < 1.29 is 9.59 Å². The Labute approximate surface area is 159 Å². The van der Waals surface area contributed by atoms with Crippen LogP contribution in [-0.2, 0) is 16.1 Å². The van der Waals surface area contributed by atoms with E-state index in [4.69, 9.17) is 0 Å². The molecule has 2 aromatic rings. The summed E-state index contributed by atoms with van der Waals surface area (Å²) >= 11 is 0. The van der Waals surface area contributed by atoms with Gasteiger partial charge in [0.25, 0.3) is 0 Å². The van der Waals surface area contributed by atoms with Crippen LogP contribution in [0, 0.1) is 18.8 Å². The van der Waals surface area contributed by atoms with Gasteiger partial charge in [0.2, 0.25) is 11.8 Å². The van der Waals surface area contributed by atoms with Crippen LogP contribution in [0.2, 0.25) is 0 Å². The van der Waals surface area contributed by atoms with Gasteiger partial charge in [-0.2, -0.15) is 0 Å². The fourth-order valence-corrected chi connectivity index (χ4v) is 4.13. The van der Waals surface area contributed by atoms with Gasteiger partial charge >= 0.3 is 0 Å². The smallest absolute Gasteiger partial charge is 0.228 e. The lowest BCUT2D eigenvalue weighted by molar-refractivity contribution is -0.137. The van der Waals surface area contributed by atoms with Crippen LogP contribution in [0.25, 0.3) is 0 Å². The average molecular weight is 366 g/mol. The van der Waals surface area contributed by atoms with Gasteiger partial charge in [-0.05, 0) is 37.8 Å². The maximum atomic E-state index is 12.9. The summed E-state index contributed by atoms with van der Waals surface area (Å²) < 4.78 is 2.11. The van der Waals surface area contributed by atoms with Gasteiger partial charge in [-0.15, -0.1) is 0 Å². The molecule has 0 saturated carbocycles. The van der Waals surface area contributed by atoms with E-state index < -0.39 is 0 Å². The number of benzene rings is 1. The second-order valence-corrected chi connectivity index (χ2v) is 7.77. The lowest BCUT2D eigenvalue weighted by atomic mass is 9.95. The molecular formula is C21H26N4O2. The third kappa shape index (κ3) is 3.89. The van der Waals surface area contributed by atoms with E-state index in [0.717, 1.165) is 43.7 Å². The predicted molar refractivity (Wildman–Crippen MR) is 103 cm³/mol. The maximum Gasteiger partial charge on any atom is 0.228 e. The van der Waals surface area contributed by atoms with Gasteiger partial charge in [0.1, 0.15) is 0 Å². The van der Waals surface area contributed by atoms with Crippen molar-refractivity contribution in [3.63, 3.8) is 0 Å². The van der Waals surface area contributed by atoms with Crippen molar-refractivity contribution in [2.45, 2.75) is 32.7 Å². The van der Waals surface area contributed by atoms with Crippen LogP contribution < -0.4 is 4.90 Å². The van der Waals surface area contributed by atoms with Crippen molar-refractivity contribution in [2.75, 3.05) is 24.5 Å². The summed E-state index contributed by atoms with van der Waals surface area (Å²) in [5.41, 5.74) is 2.05. The zero-order chi connectivity index (χ0) is 18.8. The monoisotopic (exact) mass is 366 g/mol. The summed E-state index contributed by atoms with van der Waals surface area (Å²) in [5.74, 6) is 0.549. The molecule has 6 heteroatoms. The summed E-state index contributed by atoms with van der Waals surface area (Å²) in [5, 5.41) is 0. The summed E-state index contributed by atoms with van der Waals surface area (Å²) in [4.78, 5) is 33.2. The third-order valence-corrected chi connectivity index (χ3v) is 5.77. The Bertz CT molecular complexity index is 792. The number of aromatic nitrogens is 2. The molecule has 3 heterocycles. The molecule has 2 aliphatic rings. The Morgan fingerprint density at radius 1 is 1.19 bits per heavy atom. The second-order valence-electron chi connectivity index (χ2n) is 7.77. The molecule has 0 radical (unpaired) electrons. The van der Waals surface area contributed by atoms with E-state index in [2.05, 4.69) is 9.55 Å². The summed E-state index contributed by atoms with van der Waals surface area (Å²) in [7, 11) is 0. The molecule has 0 N–H and O–H groups in total. The van der Waals surface area contributed by atoms with E-state index in [1.54, 1.807) is 11.1 Å². The number of nitrogens with zero attached hydrogens (tertiary/aromatic N) is 4. The summed E-state index contributed by atoms with van der Waals surface area (Å²) in [6, 6.07) is 7.93. The van der Waals surface area contributed by atoms with Crippen LogP contribution in [0.15, 0.2) is 43.0 Å². The molecule has 1 unspecified atom stereocenters. The van der Waals surface area contributed by atoms with Gasteiger partial charge < -0.3 is 14.4 Å². The van der Waals surface area contributed by atoms with Crippen molar-refractivity contribution in [2.24, 2.45) is 11.8 Å². The summed E-state index contributed by atoms with van der Waals surface area (Å²) in [6.45, 7) is 5.06. The van der Waals surface area contributed by atoms with E-state index in [9.17, 15) is 9.59 Å². The zero-order valence-corrected chi connectivity index (χ0v) is 15.8. The molecule has 1 aromatic heterocycles. The number of aryl methyl sites for hydroxylation is 1. The van der Waals surface area contributed by atoms with Crippen molar-refractivity contribution in [3.8, 4) is 0 Å². The maximum absolute atomic E-state index is 12.9. The number of carbonyl (C=O) groups excluding carboxylic acids is 2. The van der Waals surface area contributed by atoms with Crippen LogP contribution in [0.1, 0.15) is 24.8 Å². The van der Waals surface area contributed by atoms with Gasteiger partial charge in [-0.3, -0.25) is 9.59 Å². The van der Waals surface area contributed by atoms with E-state index in [-0.39, 0.29) is 17.7 Å². The van der Waals surface area contributed by atoms with Gasteiger partial charge in [-0.25, -0.2) is 4.98 Å². The lowest BCUT2D eigenvalue weighted by Crippen LogP contribution is -2.43. The van der Waals surface area contributed by atoms with Crippen molar-refractivity contribution >= 4 is 17.5 Å². The molecule has 2 fully saturated rings. The highest BCUT2D eigenvalue weighted by molar-refractivity contribution is 6.00. The molecule has 0 aliphatic carbocycles. The average Bonchev–Trinajstić information content (AvgIpc) is 3.32. The van der Waals surface area contributed by atoms with E-state index in [0.29, 0.717) is 18.9 Å². The molecule has 6 nitrogen and oxygen atoms in total. The highest BCUT2D eigenvalue weighted by atomic mass is 16.2. The SMILES string of the molecule is Cc1ccc(N2CC(C(=O)N3CCC(Cn4ccnc4)CC3)CC2=O)cc1. The van der Waals surface area contributed by atoms with E-state index in [1.807, 2.05) is 48.6 Å². The van der Waals surface area contributed by atoms with Crippen LogP contribution in [0.3, 0.4) is 0 Å². The fraction of sp³-hybridized carbons (Fsp3) is 0.476. The lowest BCUT2D eigenvalue weighted by Gasteiger charge is -2.33. The number of hydrogen-bond donors (Lipinski definition) is 0. The number of hydrogen-bond acceptors (Lipinski definition) is 3. The van der Waals surface area contributed by atoms with Crippen molar-refractivity contribution in [1.29, 1.82) is 0 Å². The summed E-state index contributed by atoms with van der Waals surface area (Å²) in [6.07, 6.45) is 7.97. The number of anilines is 1. The number of amides is 2. The fourth-order valence-electron chi connectivity index (χ4n) is 4.13. The van der Waals surface area contributed by atoms with E-state index >= 15 is 0 Å². The molecule has 1 aromatic carbocycles. The third-order valence-electron chi connectivity index (χ3n) is 5.77. The molecule has 1 atom stereocenters. The number of piperidine rings is 1. The standard InChI is InChI=1S/C21H26N4O2/c1-16-2-4-19(5-3-16)25-14-18(12-20(25)26)21(27)24-9-6-17(7-10-24)13-23-11-8-22-15-23/h2-5,8,11,15,17-18H,6-7,9-10,12-14H2,1H3. The van der Waals surface area contributed by atoms with E-state index in [1.165, 1.54) is 0 Å². The van der Waals surface area contributed by atoms with Gasteiger partial charge in [0.15, 0.2) is 0 Å². The van der Waals surface area contributed by atoms with Crippen molar-refractivity contribution in [1.82, 2.24) is 14.5 Å². The Balaban J connectivity index is 1.32. The Kier molecular flexibility index (Phi) is 4.97. The first kappa shape index (κ1) is 17.8. The van der Waals surface area contributed by atoms with Gasteiger partial charge in [-0.1, -0.05) is 17.7 Å². The van der Waals surface area contributed by atoms with Crippen LogP contribution in [-0.4, -0.2) is 45.9 Å². The zero-order valence-electron chi connectivity index (χ0n) is 15.8. The number of imidazole rings is 1. The van der Waals surface area contributed by atoms with Crippen molar-refractivity contribution in [3.05, 3.63) is 48.5 Å². The molecule has 4 rings (SSSR count). The first-order valence-corrected chi connectivity index (χ1v) is 9.71. The highest BCUT2D eigenvalue weighted by Gasteiger charge is 2.38. The Morgan fingerprint density at radius 3 is 2.59 bits per heavy atom. The molecule has 0 spiro atoms. The van der Waals surface area contributed by atoms with Crippen LogP contribution >= 0.6 is 0 Å². The second kappa shape index (κ2) is 7.55. The van der Waals surface area contributed by atoms with Crippen LogP contribution in [0.4, 0.5) is 5.69 Å². The normalized spacial score (nSPS) is 21.1. The number of likely N-dealkylation sites (tertiary alicyclic amines) is 1. The minimum absolute atomic E-state index is 0.0483. The Hall–Kier alpha value is -2.63. The molecular weight excluding hydrogens is 340 g/mol. The molecule has 27 heavy (non-hydrogen) atoms. The molecule has 2 amide bonds. The van der Waals surface area contributed by atoms with Gasteiger partial charge in [0.05, 0.1) is 12.2 Å². The quantitative estimate of drug-likeness (QED) is 0.835.